The molecule has 1 amide bonds. The summed E-state index contributed by atoms with van der Waals surface area (Å²) in [4.78, 5) is 15.0. The van der Waals surface area contributed by atoms with Gasteiger partial charge in [0.15, 0.2) is 5.82 Å². The Labute approximate surface area is 294 Å². The van der Waals surface area contributed by atoms with E-state index in [1.807, 2.05) is 35.9 Å². The number of hydrogen-bond acceptors (Lipinski definition) is 5. The summed E-state index contributed by atoms with van der Waals surface area (Å²) in [5.74, 6) is 0.699. The summed E-state index contributed by atoms with van der Waals surface area (Å²) in [6.07, 6.45) is 3.05. The Morgan fingerprint density at radius 1 is 0.700 bits per heavy atom. The number of unbranched alkanes of at least 4 members (excludes halogenated alkanes) is 1. The molecule has 250 valence electrons. The monoisotopic (exact) mass is 658 g/mol. The normalized spacial score (nSPS) is 14.9. The number of carbonyl (C=O) groups is 1. The van der Waals surface area contributed by atoms with E-state index in [2.05, 4.69) is 145 Å². The lowest BCUT2D eigenvalue weighted by Crippen LogP contribution is -2.51. The molecular weight excluding hydrogens is 617 g/mol. The number of hydrogen-bond donors (Lipinski definition) is 1. The Kier molecular flexibility index (Phi) is 9.39. The van der Waals surface area contributed by atoms with E-state index in [9.17, 15) is 4.79 Å². The van der Waals surface area contributed by atoms with Crippen LogP contribution in [0.15, 0.2) is 151 Å². The fourth-order valence-electron chi connectivity index (χ4n) is 7.21. The molecule has 5 aromatic carbocycles. The zero-order valence-electron chi connectivity index (χ0n) is 28.8. The molecule has 0 radical (unpaired) electrons. The molecule has 50 heavy (non-hydrogen) atoms. The van der Waals surface area contributed by atoms with Gasteiger partial charge in [0.1, 0.15) is 11.7 Å². The Morgan fingerprint density at radius 2 is 1.24 bits per heavy atom. The van der Waals surface area contributed by atoms with Crippen LogP contribution in [0.25, 0.3) is 22.5 Å². The minimum Gasteiger partial charge on any atom is -0.350 e. The first-order valence-electron chi connectivity index (χ1n) is 17.4. The van der Waals surface area contributed by atoms with Crippen molar-refractivity contribution in [3.8, 4) is 22.5 Å². The molecule has 1 aromatic heterocycles. The minimum atomic E-state index is -0.846. The van der Waals surface area contributed by atoms with Crippen molar-refractivity contribution < 1.29 is 4.79 Å². The number of rotatable bonds is 11. The number of amides is 1. The van der Waals surface area contributed by atoms with Gasteiger partial charge in [0, 0.05) is 23.4 Å². The van der Waals surface area contributed by atoms with Gasteiger partial charge in [-0.2, -0.15) is 0 Å². The maximum Gasteiger partial charge on any atom is 0.250 e. The predicted octanol–water partition coefficient (Wildman–Crippen LogP) is 8.59. The van der Waals surface area contributed by atoms with Crippen molar-refractivity contribution in [2.75, 3.05) is 0 Å². The summed E-state index contributed by atoms with van der Waals surface area (Å²) in [5.41, 5.74) is 8.35. The molecule has 0 saturated carbocycles. The van der Waals surface area contributed by atoms with E-state index < -0.39 is 5.54 Å². The van der Waals surface area contributed by atoms with Crippen LogP contribution in [0.3, 0.4) is 0 Å². The summed E-state index contributed by atoms with van der Waals surface area (Å²) >= 11 is 0. The van der Waals surface area contributed by atoms with Gasteiger partial charge in [0.25, 0.3) is 0 Å². The molecule has 1 N–H and O–H groups in total. The minimum absolute atomic E-state index is 0.00970. The van der Waals surface area contributed by atoms with Crippen molar-refractivity contribution in [2.24, 2.45) is 0 Å². The molecule has 0 fully saturated rings. The second kappa shape index (κ2) is 14.3. The summed E-state index contributed by atoms with van der Waals surface area (Å²) < 4.78 is 1.98. The molecule has 2 heterocycles. The van der Waals surface area contributed by atoms with E-state index in [4.69, 9.17) is 10.3 Å². The molecule has 0 aliphatic carbocycles. The van der Waals surface area contributed by atoms with Gasteiger partial charge in [0.05, 0.1) is 0 Å². The highest BCUT2D eigenvalue weighted by atomic mass is 16.2. The number of nitrogens with one attached hydrogen (secondary N) is 1. The molecule has 1 aliphatic heterocycles. The first kappa shape index (κ1) is 32.7. The molecule has 0 saturated heterocycles. The topological polar surface area (TPSA) is 75.9 Å². The third-order valence-corrected chi connectivity index (χ3v) is 9.97. The molecule has 0 spiro atoms. The summed E-state index contributed by atoms with van der Waals surface area (Å²) in [5, 5.41) is 17.0. The molecule has 7 heteroatoms. The molecule has 7 nitrogen and oxygen atoms in total. The lowest BCUT2D eigenvalue weighted by atomic mass is 9.77. The highest BCUT2D eigenvalue weighted by molar-refractivity contribution is 5.94. The van der Waals surface area contributed by atoms with Gasteiger partial charge in [-0.25, -0.2) is 4.68 Å². The first-order valence-corrected chi connectivity index (χ1v) is 17.4. The van der Waals surface area contributed by atoms with Gasteiger partial charge in [-0.1, -0.05) is 153 Å². The highest BCUT2D eigenvalue weighted by Gasteiger charge is 2.42. The standard InChI is InChI=1S/C43H42N6O/c1-4-5-25-40-44-42(50)31(2)32(3)48(40)30-33-26-28-34(29-27-33)38-23-15-16-24-39(38)41-45-46-47-49(41)43(35-17-9-6-10-18-35,36-19-11-7-12-20-36)37-21-13-8-14-22-37/h6-24,26-29,40H,4-5,25,30H2,1-3H3,(H,44,50). The maximum absolute atomic E-state index is 12.6. The van der Waals surface area contributed by atoms with Crippen molar-refractivity contribution in [1.29, 1.82) is 0 Å². The SMILES string of the molecule is CCCCC1NC(=O)C(C)=C(C)N1Cc1ccc(-c2ccccc2-c2nnnn2C(c2ccccc2)(c2ccccc2)c2ccccc2)cc1. The predicted molar refractivity (Wildman–Crippen MR) is 199 cm³/mol. The molecule has 1 unspecified atom stereocenters. The Morgan fingerprint density at radius 3 is 1.80 bits per heavy atom. The summed E-state index contributed by atoms with van der Waals surface area (Å²) in [6.45, 7) is 6.86. The molecule has 0 bridgehead atoms. The molecular formula is C43H42N6O. The van der Waals surface area contributed by atoms with Crippen molar-refractivity contribution in [2.45, 2.75) is 58.3 Å². The Bertz CT molecular complexity index is 1990. The fourth-order valence-corrected chi connectivity index (χ4v) is 7.21. The molecule has 1 atom stereocenters. The van der Waals surface area contributed by atoms with Crippen LogP contribution in [0.2, 0.25) is 0 Å². The number of carbonyl (C=O) groups excluding carboxylic acids is 1. The van der Waals surface area contributed by atoms with E-state index in [0.29, 0.717) is 12.4 Å². The van der Waals surface area contributed by atoms with Crippen LogP contribution >= 0.6 is 0 Å². The fraction of sp³-hybridized carbons (Fsp3) is 0.209. The number of aromatic nitrogens is 4. The summed E-state index contributed by atoms with van der Waals surface area (Å²) in [7, 11) is 0. The highest BCUT2D eigenvalue weighted by Crippen LogP contribution is 2.43. The van der Waals surface area contributed by atoms with Gasteiger partial charge in [-0.05, 0) is 70.5 Å². The van der Waals surface area contributed by atoms with E-state index >= 15 is 0 Å². The van der Waals surface area contributed by atoms with Crippen LogP contribution in [0.4, 0.5) is 0 Å². The molecule has 7 rings (SSSR count). The van der Waals surface area contributed by atoms with Gasteiger partial charge in [-0.3, -0.25) is 4.79 Å². The summed E-state index contributed by atoms with van der Waals surface area (Å²) in [6, 6.07) is 48.5. The number of tetrazole rings is 1. The lowest BCUT2D eigenvalue weighted by Gasteiger charge is -2.39. The second-order valence-electron chi connectivity index (χ2n) is 12.9. The Hall–Kier alpha value is -5.82. The van der Waals surface area contributed by atoms with Gasteiger partial charge >= 0.3 is 0 Å². The average molecular weight is 659 g/mol. The van der Waals surface area contributed by atoms with E-state index in [1.165, 1.54) is 5.56 Å². The van der Waals surface area contributed by atoms with Crippen molar-refractivity contribution >= 4 is 5.91 Å². The largest absolute Gasteiger partial charge is 0.350 e. The third-order valence-electron chi connectivity index (χ3n) is 9.97. The van der Waals surface area contributed by atoms with Crippen molar-refractivity contribution in [3.63, 3.8) is 0 Å². The molecule has 6 aromatic rings. The second-order valence-corrected chi connectivity index (χ2v) is 12.9. The van der Waals surface area contributed by atoms with Crippen molar-refractivity contribution in [1.82, 2.24) is 30.4 Å². The maximum atomic E-state index is 12.6. The van der Waals surface area contributed by atoms with Crippen LogP contribution in [0.1, 0.15) is 62.3 Å². The zero-order valence-corrected chi connectivity index (χ0v) is 28.8. The lowest BCUT2D eigenvalue weighted by molar-refractivity contribution is -0.120. The van der Waals surface area contributed by atoms with Gasteiger partial charge in [-0.15, -0.1) is 5.10 Å². The third kappa shape index (κ3) is 6.00. The van der Waals surface area contributed by atoms with Gasteiger partial charge < -0.3 is 10.2 Å². The smallest absolute Gasteiger partial charge is 0.250 e. The van der Waals surface area contributed by atoms with E-state index in [1.54, 1.807) is 0 Å². The number of nitrogens with zero attached hydrogens (tertiary/aromatic N) is 5. The first-order chi connectivity index (χ1) is 24.5. The number of allylic oxidation sites excluding steroid dienone is 1. The van der Waals surface area contributed by atoms with Crippen LogP contribution in [-0.2, 0) is 16.9 Å². The molecule has 1 aliphatic rings. The van der Waals surface area contributed by atoms with E-state index in [-0.39, 0.29) is 12.1 Å². The van der Waals surface area contributed by atoms with Gasteiger partial charge in [0.2, 0.25) is 5.91 Å². The van der Waals surface area contributed by atoms with E-state index in [0.717, 1.165) is 63.9 Å². The average Bonchev–Trinajstić information content (AvgIpc) is 3.66. The number of benzene rings is 5. The van der Waals surface area contributed by atoms with Crippen molar-refractivity contribution in [3.05, 3.63) is 173 Å². The quantitative estimate of drug-likeness (QED) is 0.141. The van der Waals surface area contributed by atoms with Crippen LogP contribution in [0, 0.1) is 0 Å². The Balaban J connectivity index is 1.31. The van der Waals surface area contributed by atoms with Crippen LogP contribution in [0.5, 0.6) is 0 Å². The zero-order chi connectivity index (χ0) is 34.5. The van der Waals surface area contributed by atoms with Crippen LogP contribution < -0.4 is 5.32 Å². The van der Waals surface area contributed by atoms with Crippen LogP contribution in [-0.4, -0.2) is 37.2 Å².